The smallest absolute Gasteiger partial charge is 0.416 e. The Morgan fingerprint density at radius 3 is 2.10 bits per heavy atom. The van der Waals surface area contributed by atoms with E-state index in [1.807, 2.05) is 0 Å². The van der Waals surface area contributed by atoms with E-state index in [0.717, 1.165) is 12.1 Å². The molecule has 0 bridgehead atoms. The summed E-state index contributed by atoms with van der Waals surface area (Å²) in [6.45, 7) is -0.0311. The SMILES string of the molecule is O=S(=O)(Nc1cc2c(cc1-c1ccc(C(F)(F)F)cc1)OCO2)c1ccccc1. The van der Waals surface area contributed by atoms with Crippen molar-refractivity contribution in [3.05, 3.63) is 72.3 Å². The maximum absolute atomic E-state index is 12.9. The molecule has 3 aromatic rings. The summed E-state index contributed by atoms with van der Waals surface area (Å²) in [5.41, 5.74) is 0.121. The molecule has 0 amide bonds. The zero-order valence-corrected chi connectivity index (χ0v) is 15.5. The van der Waals surface area contributed by atoms with Crippen LogP contribution in [0.4, 0.5) is 18.9 Å². The van der Waals surface area contributed by atoms with Crippen LogP contribution in [0.15, 0.2) is 71.6 Å². The first-order valence-corrected chi connectivity index (χ1v) is 9.91. The topological polar surface area (TPSA) is 64.6 Å². The zero-order valence-electron chi connectivity index (χ0n) is 14.7. The fourth-order valence-electron chi connectivity index (χ4n) is 2.91. The Bertz CT molecular complexity index is 1140. The maximum atomic E-state index is 12.9. The van der Waals surface area contributed by atoms with Crippen molar-refractivity contribution in [3.8, 4) is 22.6 Å². The fourth-order valence-corrected chi connectivity index (χ4v) is 4.00. The summed E-state index contributed by atoms with van der Waals surface area (Å²) in [4.78, 5) is 0.0519. The van der Waals surface area contributed by atoms with Crippen LogP contribution in [0, 0.1) is 0 Å². The van der Waals surface area contributed by atoms with Crippen LogP contribution in [0.3, 0.4) is 0 Å². The number of alkyl halides is 3. The van der Waals surface area contributed by atoms with Gasteiger partial charge in [-0.3, -0.25) is 4.72 Å². The van der Waals surface area contributed by atoms with E-state index in [9.17, 15) is 21.6 Å². The van der Waals surface area contributed by atoms with Gasteiger partial charge in [0.2, 0.25) is 6.79 Å². The van der Waals surface area contributed by atoms with Crippen LogP contribution in [-0.4, -0.2) is 15.2 Å². The van der Waals surface area contributed by atoms with Crippen LogP contribution < -0.4 is 14.2 Å². The number of anilines is 1. The van der Waals surface area contributed by atoms with Gasteiger partial charge in [-0.2, -0.15) is 13.2 Å². The second-order valence-corrected chi connectivity index (χ2v) is 7.93. The Hall–Kier alpha value is -3.20. The standard InChI is InChI=1S/C20H14F3NO4S/c21-20(22,23)14-8-6-13(7-9-14)16-10-18-19(28-12-27-18)11-17(16)24-29(25,26)15-4-2-1-3-5-15/h1-11,24H,12H2. The van der Waals surface area contributed by atoms with Crippen molar-refractivity contribution >= 4 is 15.7 Å². The van der Waals surface area contributed by atoms with E-state index in [1.165, 1.54) is 36.4 Å². The Morgan fingerprint density at radius 2 is 1.48 bits per heavy atom. The average Bonchev–Trinajstić information content (AvgIpc) is 3.14. The lowest BCUT2D eigenvalue weighted by Crippen LogP contribution is -2.13. The van der Waals surface area contributed by atoms with Gasteiger partial charge in [0.25, 0.3) is 10.0 Å². The molecule has 150 valence electrons. The molecule has 3 aromatic carbocycles. The lowest BCUT2D eigenvalue weighted by Gasteiger charge is -2.15. The molecule has 0 radical (unpaired) electrons. The van der Waals surface area contributed by atoms with Crippen LogP contribution >= 0.6 is 0 Å². The van der Waals surface area contributed by atoms with Crippen molar-refractivity contribution < 1.29 is 31.1 Å². The minimum Gasteiger partial charge on any atom is -0.454 e. The van der Waals surface area contributed by atoms with Crippen molar-refractivity contribution in [2.24, 2.45) is 0 Å². The number of fused-ring (bicyclic) bond motifs is 1. The Morgan fingerprint density at radius 1 is 0.862 bits per heavy atom. The first-order valence-electron chi connectivity index (χ1n) is 8.43. The Kier molecular flexibility index (Phi) is 4.62. The average molecular weight is 421 g/mol. The van der Waals surface area contributed by atoms with Crippen LogP contribution in [-0.2, 0) is 16.2 Å². The van der Waals surface area contributed by atoms with Gasteiger partial charge in [0.05, 0.1) is 16.1 Å². The molecule has 0 atom stereocenters. The third-order valence-corrected chi connectivity index (χ3v) is 5.72. The molecule has 0 saturated carbocycles. The highest BCUT2D eigenvalue weighted by atomic mass is 32.2. The molecule has 0 unspecified atom stereocenters. The van der Waals surface area contributed by atoms with Crippen molar-refractivity contribution in [1.29, 1.82) is 0 Å². The molecular formula is C20H14F3NO4S. The Labute approximate surface area is 164 Å². The molecule has 5 nitrogen and oxygen atoms in total. The first-order chi connectivity index (χ1) is 13.7. The van der Waals surface area contributed by atoms with Gasteiger partial charge in [0.1, 0.15) is 0 Å². The minimum absolute atomic E-state index is 0.0311. The maximum Gasteiger partial charge on any atom is 0.416 e. The third-order valence-electron chi connectivity index (χ3n) is 4.33. The third kappa shape index (κ3) is 3.86. The van der Waals surface area contributed by atoms with Gasteiger partial charge in [0.15, 0.2) is 11.5 Å². The number of halogens is 3. The molecule has 1 N–H and O–H groups in total. The van der Waals surface area contributed by atoms with Gasteiger partial charge in [-0.1, -0.05) is 30.3 Å². The number of ether oxygens (including phenoxy) is 2. The van der Waals surface area contributed by atoms with Crippen molar-refractivity contribution in [1.82, 2.24) is 0 Å². The van der Waals surface area contributed by atoms with Gasteiger partial charge < -0.3 is 9.47 Å². The van der Waals surface area contributed by atoms with E-state index in [-0.39, 0.29) is 17.4 Å². The van der Waals surface area contributed by atoms with Crippen molar-refractivity contribution in [3.63, 3.8) is 0 Å². The highest BCUT2D eigenvalue weighted by molar-refractivity contribution is 7.92. The van der Waals surface area contributed by atoms with Crippen molar-refractivity contribution in [2.45, 2.75) is 11.1 Å². The number of nitrogens with one attached hydrogen (secondary N) is 1. The normalized spacial score (nSPS) is 13.3. The van der Waals surface area contributed by atoms with Gasteiger partial charge in [-0.25, -0.2) is 8.42 Å². The molecule has 9 heteroatoms. The number of sulfonamides is 1. The molecule has 0 aromatic heterocycles. The number of hydrogen-bond acceptors (Lipinski definition) is 4. The molecule has 0 aliphatic carbocycles. The van der Waals surface area contributed by atoms with Crippen LogP contribution in [0.5, 0.6) is 11.5 Å². The molecule has 0 spiro atoms. The highest BCUT2D eigenvalue weighted by Crippen LogP contribution is 2.42. The van der Waals surface area contributed by atoms with E-state index >= 15 is 0 Å². The first kappa shape index (κ1) is 19.1. The predicted molar refractivity (Wildman–Crippen MR) is 100 cm³/mol. The molecule has 1 aliphatic rings. The summed E-state index contributed by atoms with van der Waals surface area (Å²) in [5.74, 6) is 0.717. The van der Waals surface area contributed by atoms with E-state index < -0.39 is 21.8 Å². The van der Waals surface area contributed by atoms with Gasteiger partial charge in [-0.05, 0) is 35.9 Å². The fraction of sp³-hybridized carbons (Fsp3) is 0.100. The van der Waals surface area contributed by atoms with Gasteiger partial charge >= 0.3 is 6.18 Å². The molecule has 0 saturated heterocycles. The van der Waals surface area contributed by atoms with Gasteiger partial charge in [0, 0.05) is 11.6 Å². The molecule has 0 fully saturated rings. The predicted octanol–water partition coefficient (Wildman–Crippen LogP) is 4.90. The largest absolute Gasteiger partial charge is 0.454 e. The van der Waals surface area contributed by atoms with Crippen molar-refractivity contribution in [2.75, 3.05) is 11.5 Å². The number of benzene rings is 3. The zero-order chi connectivity index (χ0) is 20.6. The number of hydrogen-bond donors (Lipinski definition) is 1. The van der Waals surface area contributed by atoms with E-state index in [2.05, 4.69) is 4.72 Å². The lowest BCUT2D eigenvalue weighted by molar-refractivity contribution is -0.137. The second kappa shape index (κ2) is 7.00. The van der Waals surface area contributed by atoms with E-state index in [4.69, 9.17) is 9.47 Å². The van der Waals surface area contributed by atoms with E-state index in [1.54, 1.807) is 18.2 Å². The summed E-state index contributed by atoms with van der Waals surface area (Å²) < 4.78 is 77.2. The van der Waals surface area contributed by atoms with Crippen LogP contribution in [0.2, 0.25) is 0 Å². The van der Waals surface area contributed by atoms with Gasteiger partial charge in [-0.15, -0.1) is 0 Å². The second-order valence-electron chi connectivity index (χ2n) is 6.24. The molecular weight excluding hydrogens is 407 g/mol. The summed E-state index contributed by atoms with van der Waals surface area (Å²) >= 11 is 0. The van der Waals surface area contributed by atoms with E-state index in [0.29, 0.717) is 22.6 Å². The summed E-state index contributed by atoms with van der Waals surface area (Å²) in [7, 11) is -3.92. The Balaban J connectivity index is 1.78. The molecule has 29 heavy (non-hydrogen) atoms. The molecule has 4 rings (SSSR count). The van der Waals surface area contributed by atoms with Crippen LogP contribution in [0.1, 0.15) is 5.56 Å². The summed E-state index contributed by atoms with van der Waals surface area (Å²) in [6.07, 6.45) is -4.47. The number of rotatable bonds is 4. The lowest BCUT2D eigenvalue weighted by atomic mass is 10.0. The molecule has 1 heterocycles. The minimum atomic E-state index is -4.47. The van der Waals surface area contributed by atoms with Crippen LogP contribution in [0.25, 0.3) is 11.1 Å². The quantitative estimate of drug-likeness (QED) is 0.651. The monoisotopic (exact) mass is 421 g/mol. The summed E-state index contributed by atoms with van der Waals surface area (Å²) in [5, 5.41) is 0. The highest BCUT2D eigenvalue weighted by Gasteiger charge is 2.30. The molecule has 1 aliphatic heterocycles. The summed E-state index contributed by atoms with van der Waals surface area (Å²) in [6, 6.07) is 15.2.